The lowest BCUT2D eigenvalue weighted by molar-refractivity contribution is -0.124. The van der Waals surface area contributed by atoms with Gasteiger partial charge in [0.15, 0.2) is 0 Å². The average Bonchev–Trinajstić information content (AvgIpc) is 2.35. The molecule has 1 aromatic carbocycles. The van der Waals surface area contributed by atoms with Gasteiger partial charge >= 0.3 is 0 Å². The van der Waals surface area contributed by atoms with E-state index in [1.165, 1.54) is 5.56 Å². The molecule has 3 nitrogen and oxygen atoms in total. The number of carbonyl (C=O) groups excluding carboxylic acids is 1. The molecule has 1 rings (SSSR count). The maximum absolute atomic E-state index is 11.7. The minimum absolute atomic E-state index is 0.00354. The van der Waals surface area contributed by atoms with E-state index in [9.17, 15) is 4.79 Å². The van der Waals surface area contributed by atoms with E-state index in [4.69, 9.17) is 4.52 Å². The number of hydrogen-bond acceptors (Lipinski definition) is 2. The topological polar surface area (TPSA) is 38.3 Å². The Balaban J connectivity index is 2.27. The van der Waals surface area contributed by atoms with Crippen LogP contribution in [0.2, 0.25) is 0 Å². The maximum Gasteiger partial charge on any atom is 0.223 e. The molecule has 0 aliphatic rings. The highest BCUT2D eigenvalue weighted by molar-refractivity contribution is 7.32. The van der Waals surface area contributed by atoms with E-state index in [1.54, 1.807) is 0 Å². The Labute approximate surface area is 105 Å². The van der Waals surface area contributed by atoms with Crippen LogP contribution >= 0.6 is 8.81 Å². The Bertz CT molecular complexity index is 329. The molecule has 0 bridgehead atoms. The molecule has 0 saturated carbocycles. The van der Waals surface area contributed by atoms with Crippen LogP contribution in [0.3, 0.4) is 0 Å². The predicted octanol–water partition coefficient (Wildman–Crippen LogP) is 2.57. The average molecular weight is 253 g/mol. The van der Waals surface area contributed by atoms with Crippen LogP contribution in [0, 0.1) is 5.92 Å². The van der Waals surface area contributed by atoms with Gasteiger partial charge in [-0.3, -0.25) is 4.79 Å². The van der Waals surface area contributed by atoms with Crippen LogP contribution in [0.4, 0.5) is 0 Å². The molecular weight excluding hydrogens is 233 g/mol. The molecule has 2 atom stereocenters. The summed E-state index contributed by atoms with van der Waals surface area (Å²) in [4.78, 5) is 11.7. The normalized spacial score (nSPS) is 12.8. The standard InChI is InChI=1S/C13H20NO2P/c1-3-16-17-10-14-13(15)11(2)9-12-7-5-4-6-8-12/h4-8,11,17H,3,9-10H2,1-2H3,(H,14,15). The number of rotatable bonds is 7. The van der Waals surface area contributed by atoms with E-state index in [-0.39, 0.29) is 11.8 Å². The van der Waals surface area contributed by atoms with Crippen molar-refractivity contribution < 1.29 is 9.32 Å². The van der Waals surface area contributed by atoms with E-state index in [2.05, 4.69) is 5.32 Å². The van der Waals surface area contributed by atoms with Crippen LogP contribution in [0.5, 0.6) is 0 Å². The van der Waals surface area contributed by atoms with E-state index >= 15 is 0 Å². The Morgan fingerprint density at radius 2 is 2.12 bits per heavy atom. The third-order valence-electron chi connectivity index (χ3n) is 2.41. The number of carbonyl (C=O) groups is 1. The van der Waals surface area contributed by atoms with Crippen LogP contribution in [0.15, 0.2) is 30.3 Å². The molecule has 0 fully saturated rings. The second-order valence-electron chi connectivity index (χ2n) is 3.89. The molecule has 0 spiro atoms. The highest BCUT2D eigenvalue weighted by Crippen LogP contribution is 2.11. The van der Waals surface area contributed by atoms with Gasteiger partial charge in [-0.05, 0) is 18.9 Å². The first-order chi connectivity index (χ1) is 8.24. The molecule has 1 N–H and O–H groups in total. The molecule has 0 saturated heterocycles. The fraction of sp³-hybridized carbons (Fsp3) is 0.462. The fourth-order valence-electron chi connectivity index (χ4n) is 1.51. The van der Waals surface area contributed by atoms with Crippen molar-refractivity contribution in [2.24, 2.45) is 5.92 Å². The van der Waals surface area contributed by atoms with Crippen molar-refractivity contribution in [1.82, 2.24) is 5.32 Å². The molecule has 4 heteroatoms. The Morgan fingerprint density at radius 1 is 1.41 bits per heavy atom. The van der Waals surface area contributed by atoms with Crippen molar-refractivity contribution in [1.29, 1.82) is 0 Å². The molecule has 0 aromatic heterocycles. The van der Waals surface area contributed by atoms with Crippen LogP contribution in [0.1, 0.15) is 19.4 Å². The van der Waals surface area contributed by atoms with Crippen molar-refractivity contribution in [3.05, 3.63) is 35.9 Å². The zero-order valence-electron chi connectivity index (χ0n) is 10.4. The third-order valence-corrected chi connectivity index (χ3v) is 3.23. The second-order valence-corrected chi connectivity index (χ2v) is 4.82. The van der Waals surface area contributed by atoms with Crippen molar-refractivity contribution >= 4 is 14.7 Å². The summed E-state index contributed by atoms with van der Waals surface area (Å²) in [5.74, 6) is 0.102. The monoisotopic (exact) mass is 253 g/mol. The maximum atomic E-state index is 11.7. The zero-order valence-corrected chi connectivity index (χ0v) is 11.4. The zero-order chi connectivity index (χ0) is 12.5. The Kier molecular flexibility index (Phi) is 6.83. The summed E-state index contributed by atoms with van der Waals surface area (Å²) in [5, 5.41) is 2.89. The van der Waals surface area contributed by atoms with Gasteiger partial charge in [0.1, 0.15) is 0 Å². The predicted molar refractivity (Wildman–Crippen MR) is 72.3 cm³/mol. The molecule has 0 aliphatic carbocycles. The van der Waals surface area contributed by atoms with Crippen LogP contribution in [0.25, 0.3) is 0 Å². The minimum atomic E-state index is 0.00354. The summed E-state index contributed by atoms with van der Waals surface area (Å²) in [6, 6.07) is 10.1. The lowest BCUT2D eigenvalue weighted by Gasteiger charge is -2.12. The van der Waals surface area contributed by atoms with Gasteiger partial charge in [0.2, 0.25) is 5.91 Å². The second kappa shape index (κ2) is 8.21. The highest BCUT2D eigenvalue weighted by atomic mass is 31.1. The smallest absolute Gasteiger partial charge is 0.223 e. The van der Waals surface area contributed by atoms with Crippen molar-refractivity contribution in [2.75, 3.05) is 12.9 Å². The molecule has 1 aromatic rings. The summed E-state index contributed by atoms with van der Waals surface area (Å²) < 4.78 is 5.19. The first-order valence-corrected chi connectivity index (χ1v) is 7.02. The number of amides is 1. The largest absolute Gasteiger partial charge is 0.361 e. The first kappa shape index (κ1) is 14.1. The molecule has 0 aliphatic heterocycles. The number of benzene rings is 1. The van der Waals surface area contributed by atoms with Gasteiger partial charge in [-0.1, -0.05) is 37.3 Å². The summed E-state index contributed by atoms with van der Waals surface area (Å²) in [7, 11) is 0.354. The molecular formula is C13H20NO2P. The SMILES string of the molecule is CCOPCNC(=O)C(C)Cc1ccccc1. The van der Waals surface area contributed by atoms with Crippen LogP contribution in [-0.4, -0.2) is 18.8 Å². The van der Waals surface area contributed by atoms with E-state index in [0.29, 0.717) is 21.7 Å². The van der Waals surface area contributed by atoms with E-state index < -0.39 is 0 Å². The molecule has 1 amide bonds. The van der Waals surface area contributed by atoms with Crippen LogP contribution < -0.4 is 5.32 Å². The number of nitrogens with one attached hydrogen (secondary N) is 1. The molecule has 0 radical (unpaired) electrons. The van der Waals surface area contributed by atoms with Gasteiger partial charge in [0.25, 0.3) is 0 Å². The van der Waals surface area contributed by atoms with Gasteiger partial charge < -0.3 is 9.84 Å². The van der Waals surface area contributed by atoms with Gasteiger partial charge in [-0.25, -0.2) is 0 Å². The molecule has 94 valence electrons. The fourth-order valence-corrected chi connectivity index (χ4v) is 2.06. The summed E-state index contributed by atoms with van der Waals surface area (Å²) in [5.41, 5.74) is 1.20. The van der Waals surface area contributed by atoms with Gasteiger partial charge in [0.05, 0.1) is 6.29 Å². The lowest BCUT2D eigenvalue weighted by atomic mass is 10.0. The minimum Gasteiger partial charge on any atom is -0.361 e. The van der Waals surface area contributed by atoms with Gasteiger partial charge in [0, 0.05) is 21.3 Å². The molecule has 17 heavy (non-hydrogen) atoms. The van der Waals surface area contributed by atoms with Crippen molar-refractivity contribution in [3.63, 3.8) is 0 Å². The van der Waals surface area contributed by atoms with Gasteiger partial charge in [-0.2, -0.15) is 0 Å². The summed E-state index contributed by atoms with van der Waals surface area (Å²) >= 11 is 0. The van der Waals surface area contributed by atoms with Crippen molar-refractivity contribution in [2.45, 2.75) is 20.3 Å². The van der Waals surface area contributed by atoms with E-state index in [0.717, 1.165) is 6.42 Å². The van der Waals surface area contributed by atoms with Crippen molar-refractivity contribution in [3.8, 4) is 0 Å². The van der Waals surface area contributed by atoms with Gasteiger partial charge in [-0.15, -0.1) is 0 Å². The first-order valence-electron chi connectivity index (χ1n) is 5.90. The Morgan fingerprint density at radius 3 is 2.76 bits per heavy atom. The number of hydrogen-bond donors (Lipinski definition) is 1. The lowest BCUT2D eigenvalue weighted by Crippen LogP contribution is -2.29. The summed E-state index contributed by atoms with van der Waals surface area (Å²) in [6.07, 6.45) is 1.40. The van der Waals surface area contributed by atoms with Crippen LogP contribution in [-0.2, 0) is 15.7 Å². The summed E-state index contributed by atoms with van der Waals surface area (Å²) in [6.45, 7) is 4.60. The molecule has 2 unspecified atom stereocenters. The third kappa shape index (κ3) is 5.81. The highest BCUT2D eigenvalue weighted by Gasteiger charge is 2.12. The molecule has 0 heterocycles. The quantitative estimate of drug-likeness (QED) is 0.599. The Hall–Kier alpha value is -0.920. The van der Waals surface area contributed by atoms with E-state index in [1.807, 2.05) is 44.2 Å².